The van der Waals surface area contributed by atoms with E-state index in [2.05, 4.69) is 42.5 Å². The quantitative estimate of drug-likeness (QED) is 0.795. The molecule has 118 valence electrons. The second-order valence-corrected chi connectivity index (χ2v) is 6.86. The third kappa shape index (κ3) is 2.33. The Bertz CT molecular complexity index is 661. The number of aldehydes is 1. The minimum Gasteiger partial charge on any atom is -0.376 e. The van der Waals surface area contributed by atoms with Crippen molar-refractivity contribution in [2.75, 3.05) is 6.61 Å². The van der Waals surface area contributed by atoms with Gasteiger partial charge in [0, 0.05) is 11.3 Å². The van der Waals surface area contributed by atoms with Gasteiger partial charge >= 0.3 is 0 Å². The Hall–Kier alpha value is -1.93. The van der Waals surface area contributed by atoms with E-state index in [4.69, 9.17) is 4.74 Å². The number of ether oxygens (including phenoxy) is 1. The Balaban J connectivity index is 1.68. The fourth-order valence-corrected chi connectivity index (χ4v) is 4.42. The van der Waals surface area contributed by atoms with Crippen LogP contribution in [0.2, 0.25) is 0 Å². The Morgan fingerprint density at radius 2 is 1.61 bits per heavy atom. The number of carbonyl (C=O) groups is 1. The van der Waals surface area contributed by atoms with Crippen LogP contribution in [0.5, 0.6) is 0 Å². The molecular weight excluding hydrogens is 284 g/mol. The first-order valence-corrected chi connectivity index (χ1v) is 8.52. The molecule has 0 bridgehead atoms. The standard InChI is InChI=1S/C21H22O2/c22-14-18-19(16-8-3-1-4-9-16)15-23-20(18)21(12-7-13-21)17-10-5-2-6-11-17/h1-6,8-11,14,18-20H,7,12-13,15H2/t18-,19+,20-/m0/s1. The van der Waals surface area contributed by atoms with Crippen LogP contribution in [0.4, 0.5) is 0 Å². The van der Waals surface area contributed by atoms with Crippen LogP contribution in [-0.4, -0.2) is 19.0 Å². The molecule has 0 unspecified atom stereocenters. The summed E-state index contributed by atoms with van der Waals surface area (Å²) in [6, 6.07) is 21.0. The highest BCUT2D eigenvalue weighted by atomic mass is 16.5. The van der Waals surface area contributed by atoms with Crippen molar-refractivity contribution < 1.29 is 9.53 Å². The molecule has 2 aliphatic rings. The Kier molecular flexibility index (Phi) is 3.78. The van der Waals surface area contributed by atoms with Gasteiger partial charge in [-0.25, -0.2) is 0 Å². The molecule has 1 saturated heterocycles. The molecule has 2 heteroatoms. The van der Waals surface area contributed by atoms with Crippen molar-refractivity contribution in [3.05, 3.63) is 71.8 Å². The van der Waals surface area contributed by atoms with E-state index in [-0.39, 0.29) is 23.4 Å². The molecule has 1 aliphatic carbocycles. The monoisotopic (exact) mass is 306 g/mol. The normalized spacial score (nSPS) is 29.0. The second-order valence-electron chi connectivity index (χ2n) is 6.86. The fraction of sp³-hybridized carbons (Fsp3) is 0.381. The summed E-state index contributed by atoms with van der Waals surface area (Å²) >= 11 is 0. The molecule has 2 aromatic carbocycles. The molecule has 0 radical (unpaired) electrons. The summed E-state index contributed by atoms with van der Waals surface area (Å²) in [7, 11) is 0. The molecule has 1 saturated carbocycles. The van der Waals surface area contributed by atoms with E-state index in [0.717, 1.165) is 19.1 Å². The zero-order chi connectivity index (χ0) is 15.7. The van der Waals surface area contributed by atoms with Gasteiger partial charge in [0.15, 0.2) is 0 Å². The second kappa shape index (κ2) is 5.93. The zero-order valence-corrected chi connectivity index (χ0v) is 13.2. The summed E-state index contributed by atoms with van der Waals surface area (Å²) in [4.78, 5) is 11.9. The highest BCUT2D eigenvalue weighted by Crippen LogP contribution is 2.53. The maximum atomic E-state index is 11.9. The van der Waals surface area contributed by atoms with Crippen LogP contribution in [0.1, 0.15) is 36.3 Å². The lowest BCUT2D eigenvalue weighted by Crippen LogP contribution is -2.49. The van der Waals surface area contributed by atoms with Gasteiger partial charge in [-0.2, -0.15) is 0 Å². The lowest BCUT2D eigenvalue weighted by molar-refractivity contribution is -0.115. The molecule has 2 nitrogen and oxygen atoms in total. The summed E-state index contributed by atoms with van der Waals surface area (Å²) in [6.07, 6.45) is 4.59. The fourth-order valence-electron chi connectivity index (χ4n) is 4.42. The van der Waals surface area contributed by atoms with E-state index >= 15 is 0 Å². The minimum atomic E-state index is -0.0575. The molecular formula is C21H22O2. The maximum absolute atomic E-state index is 11.9. The van der Waals surface area contributed by atoms with Crippen LogP contribution < -0.4 is 0 Å². The predicted molar refractivity (Wildman–Crippen MR) is 90.4 cm³/mol. The summed E-state index contributed by atoms with van der Waals surface area (Å²) in [5.41, 5.74) is 2.57. The van der Waals surface area contributed by atoms with Gasteiger partial charge < -0.3 is 9.53 Å². The first-order valence-electron chi connectivity index (χ1n) is 8.52. The highest BCUT2D eigenvalue weighted by Gasteiger charge is 2.54. The minimum absolute atomic E-state index is 0.00126. The smallest absolute Gasteiger partial charge is 0.126 e. The summed E-state index contributed by atoms with van der Waals surface area (Å²) in [5, 5.41) is 0. The van der Waals surface area contributed by atoms with E-state index in [9.17, 15) is 4.79 Å². The van der Waals surface area contributed by atoms with Gasteiger partial charge in [-0.1, -0.05) is 67.1 Å². The van der Waals surface area contributed by atoms with Crippen LogP contribution in [0.25, 0.3) is 0 Å². The van der Waals surface area contributed by atoms with Crippen LogP contribution in [-0.2, 0) is 14.9 Å². The third-order valence-corrected chi connectivity index (χ3v) is 5.79. The van der Waals surface area contributed by atoms with Crippen LogP contribution >= 0.6 is 0 Å². The van der Waals surface area contributed by atoms with Crippen LogP contribution in [0.15, 0.2) is 60.7 Å². The van der Waals surface area contributed by atoms with Crippen molar-refractivity contribution in [3.63, 3.8) is 0 Å². The number of hydrogen-bond acceptors (Lipinski definition) is 2. The average Bonchev–Trinajstić information content (AvgIpc) is 3.00. The predicted octanol–water partition coefficient (Wildman–Crippen LogP) is 4.11. The van der Waals surface area contributed by atoms with Crippen molar-refractivity contribution in [1.82, 2.24) is 0 Å². The Morgan fingerprint density at radius 3 is 2.17 bits per heavy atom. The molecule has 0 N–H and O–H groups in total. The maximum Gasteiger partial charge on any atom is 0.126 e. The van der Waals surface area contributed by atoms with Gasteiger partial charge in [-0.15, -0.1) is 0 Å². The lowest BCUT2D eigenvalue weighted by Gasteiger charge is -2.47. The SMILES string of the molecule is O=C[C@H]1[C@@H](c2ccccc2)CO[C@@H]1C1(c2ccccc2)CCC1. The summed E-state index contributed by atoms with van der Waals surface area (Å²) in [5.74, 6) is 0.123. The van der Waals surface area contributed by atoms with Crippen molar-refractivity contribution in [3.8, 4) is 0 Å². The molecule has 2 aromatic rings. The van der Waals surface area contributed by atoms with E-state index in [1.54, 1.807) is 0 Å². The number of hydrogen-bond donors (Lipinski definition) is 0. The van der Waals surface area contributed by atoms with E-state index in [0.29, 0.717) is 6.61 Å². The topological polar surface area (TPSA) is 26.3 Å². The first-order chi connectivity index (χ1) is 11.3. The molecule has 1 aliphatic heterocycles. The van der Waals surface area contributed by atoms with Gasteiger partial charge in [-0.3, -0.25) is 0 Å². The summed E-state index contributed by atoms with van der Waals surface area (Å²) in [6.45, 7) is 0.646. The van der Waals surface area contributed by atoms with E-state index in [1.165, 1.54) is 17.5 Å². The molecule has 0 spiro atoms. The Labute approximate surface area is 137 Å². The van der Waals surface area contributed by atoms with Crippen molar-refractivity contribution in [2.24, 2.45) is 5.92 Å². The zero-order valence-electron chi connectivity index (χ0n) is 13.2. The molecule has 3 atom stereocenters. The molecule has 1 heterocycles. The van der Waals surface area contributed by atoms with Crippen molar-refractivity contribution in [2.45, 2.75) is 36.7 Å². The van der Waals surface area contributed by atoms with Crippen LogP contribution in [0.3, 0.4) is 0 Å². The van der Waals surface area contributed by atoms with Gasteiger partial charge in [0.25, 0.3) is 0 Å². The molecule has 2 fully saturated rings. The van der Waals surface area contributed by atoms with E-state index in [1.807, 2.05) is 18.2 Å². The van der Waals surface area contributed by atoms with E-state index < -0.39 is 0 Å². The number of carbonyl (C=O) groups excluding carboxylic acids is 1. The third-order valence-electron chi connectivity index (χ3n) is 5.79. The van der Waals surface area contributed by atoms with Gasteiger partial charge in [0.05, 0.1) is 18.6 Å². The molecule has 4 rings (SSSR count). The largest absolute Gasteiger partial charge is 0.376 e. The average molecular weight is 306 g/mol. The van der Waals surface area contributed by atoms with Crippen molar-refractivity contribution >= 4 is 6.29 Å². The van der Waals surface area contributed by atoms with Crippen molar-refractivity contribution in [1.29, 1.82) is 0 Å². The summed E-state index contributed by atoms with van der Waals surface area (Å²) < 4.78 is 6.25. The number of benzene rings is 2. The molecule has 0 amide bonds. The molecule has 23 heavy (non-hydrogen) atoms. The number of rotatable bonds is 4. The van der Waals surface area contributed by atoms with Gasteiger partial charge in [0.2, 0.25) is 0 Å². The molecule has 0 aromatic heterocycles. The first kappa shape index (κ1) is 14.6. The van der Waals surface area contributed by atoms with Crippen LogP contribution in [0, 0.1) is 5.92 Å². The highest BCUT2D eigenvalue weighted by molar-refractivity contribution is 5.59. The van der Waals surface area contributed by atoms with Gasteiger partial charge in [0.1, 0.15) is 6.29 Å². The Morgan fingerprint density at radius 1 is 0.957 bits per heavy atom. The van der Waals surface area contributed by atoms with Gasteiger partial charge in [-0.05, 0) is 24.0 Å². The lowest BCUT2D eigenvalue weighted by atomic mass is 9.58.